The normalized spacial score (nSPS) is 17.9. The lowest BCUT2D eigenvalue weighted by atomic mass is 9.89. The first-order valence-corrected chi connectivity index (χ1v) is 8.57. The summed E-state index contributed by atoms with van der Waals surface area (Å²) in [6.07, 6.45) is 4.31. The number of nitrogen functional groups attached to an aromatic ring is 1. The van der Waals surface area contributed by atoms with Crippen LogP contribution in [0.4, 0.5) is 10.2 Å². The fourth-order valence-corrected chi connectivity index (χ4v) is 3.65. The van der Waals surface area contributed by atoms with Gasteiger partial charge in [-0.2, -0.15) is 0 Å². The van der Waals surface area contributed by atoms with Gasteiger partial charge in [0.05, 0.1) is 5.56 Å². The Balaban J connectivity index is 1.76. The Morgan fingerprint density at radius 1 is 1.24 bits per heavy atom. The van der Waals surface area contributed by atoms with Crippen molar-refractivity contribution in [2.75, 3.05) is 25.5 Å². The zero-order valence-electron chi connectivity index (χ0n) is 13.8. The van der Waals surface area contributed by atoms with Crippen molar-refractivity contribution < 1.29 is 13.9 Å². The standard InChI is InChI=1S/C19H20FN3O2/c20-16-9-13(7-12-1-4-22-19(24)17(12)16)15-8-14(10-23-18(15)21)11-2-5-25-6-3-11/h7-11H,1-6H2,(H2,21,23)(H,22,24). The average Bonchev–Trinajstić information content (AvgIpc) is 2.62. The van der Waals surface area contributed by atoms with Gasteiger partial charge in [0.15, 0.2) is 0 Å². The first kappa shape index (κ1) is 16.0. The Bertz CT molecular complexity index is 832. The van der Waals surface area contributed by atoms with Gasteiger partial charge in [-0.1, -0.05) is 0 Å². The van der Waals surface area contributed by atoms with Crippen LogP contribution in [0.3, 0.4) is 0 Å². The smallest absolute Gasteiger partial charge is 0.254 e. The molecule has 1 fully saturated rings. The molecule has 3 heterocycles. The molecular weight excluding hydrogens is 321 g/mol. The first-order chi connectivity index (χ1) is 12.1. The van der Waals surface area contributed by atoms with Gasteiger partial charge in [0.1, 0.15) is 11.6 Å². The number of hydrogen-bond acceptors (Lipinski definition) is 4. The highest BCUT2D eigenvalue weighted by Gasteiger charge is 2.23. The number of fused-ring (bicyclic) bond motifs is 1. The Morgan fingerprint density at radius 3 is 2.84 bits per heavy atom. The largest absolute Gasteiger partial charge is 0.383 e. The maximum atomic E-state index is 14.5. The minimum Gasteiger partial charge on any atom is -0.383 e. The van der Waals surface area contributed by atoms with Crippen LogP contribution in [-0.4, -0.2) is 30.6 Å². The van der Waals surface area contributed by atoms with Gasteiger partial charge in [-0.25, -0.2) is 9.37 Å². The van der Waals surface area contributed by atoms with Crippen molar-refractivity contribution in [2.24, 2.45) is 0 Å². The second-order valence-electron chi connectivity index (χ2n) is 6.59. The number of nitrogens with zero attached hydrogens (tertiary/aromatic N) is 1. The molecule has 5 nitrogen and oxygen atoms in total. The van der Waals surface area contributed by atoms with E-state index in [1.54, 1.807) is 6.20 Å². The van der Waals surface area contributed by atoms with Crippen LogP contribution in [0.5, 0.6) is 0 Å². The highest BCUT2D eigenvalue weighted by atomic mass is 19.1. The van der Waals surface area contributed by atoms with E-state index >= 15 is 0 Å². The second-order valence-corrected chi connectivity index (χ2v) is 6.59. The van der Waals surface area contributed by atoms with E-state index in [9.17, 15) is 9.18 Å². The predicted octanol–water partition coefficient (Wildman–Crippen LogP) is 2.65. The molecule has 130 valence electrons. The van der Waals surface area contributed by atoms with E-state index in [0.29, 0.717) is 30.3 Å². The molecule has 1 aromatic heterocycles. The summed E-state index contributed by atoms with van der Waals surface area (Å²) >= 11 is 0. The number of anilines is 1. The van der Waals surface area contributed by atoms with E-state index in [2.05, 4.69) is 10.3 Å². The number of benzene rings is 1. The number of pyridine rings is 1. The fraction of sp³-hybridized carbons (Fsp3) is 0.368. The van der Waals surface area contributed by atoms with E-state index < -0.39 is 5.82 Å². The molecule has 6 heteroatoms. The van der Waals surface area contributed by atoms with Crippen molar-refractivity contribution in [3.05, 3.63) is 46.9 Å². The van der Waals surface area contributed by atoms with Crippen LogP contribution in [0.2, 0.25) is 0 Å². The van der Waals surface area contributed by atoms with Crippen molar-refractivity contribution in [1.29, 1.82) is 0 Å². The highest BCUT2D eigenvalue weighted by molar-refractivity contribution is 5.97. The monoisotopic (exact) mass is 341 g/mol. The lowest BCUT2D eigenvalue weighted by Gasteiger charge is -2.23. The molecule has 0 bridgehead atoms. The van der Waals surface area contributed by atoms with Crippen LogP contribution in [0.25, 0.3) is 11.1 Å². The van der Waals surface area contributed by atoms with Gasteiger partial charge < -0.3 is 15.8 Å². The Morgan fingerprint density at radius 2 is 2.04 bits per heavy atom. The fourth-order valence-electron chi connectivity index (χ4n) is 3.65. The molecule has 0 saturated carbocycles. The lowest BCUT2D eigenvalue weighted by molar-refractivity contribution is 0.0853. The summed E-state index contributed by atoms with van der Waals surface area (Å²) in [5, 5.41) is 2.67. The van der Waals surface area contributed by atoms with Crippen LogP contribution < -0.4 is 11.1 Å². The lowest BCUT2D eigenvalue weighted by Crippen LogP contribution is -2.32. The quantitative estimate of drug-likeness (QED) is 0.880. The molecule has 2 aromatic rings. The van der Waals surface area contributed by atoms with Gasteiger partial charge in [-0.3, -0.25) is 4.79 Å². The van der Waals surface area contributed by atoms with Gasteiger partial charge >= 0.3 is 0 Å². The summed E-state index contributed by atoms with van der Waals surface area (Å²) in [6.45, 7) is 2.00. The molecule has 0 atom stereocenters. The van der Waals surface area contributed by atoms with Crippen LogP contribution in [0.1, 0.15) is 40.2 Å². The Hall–Kier alpha value is -2.47. The molecule has 0 radical (unpaired) electrons. The van der Waals surface area contributed by atoms with Crippen molar-refractivity contribution in [1.82, 2.24) is 10.3 Å². The number of rotatable bonds is 2. The van der Waals surface area contributed by atoms with Crippen molar-refractivity contribution in [3.8, 4) is 11.1 Å². The summed E-state index contributed by atoms with van der Waals surface area (Å²) < 4.78 is 19.9. The number of halogens is 1. The van der Waals surface area contributed by atoms with Gasteiger partial charge in [-0.15, -0.1) is 0 Å². The molecule has 3 N–H and O–H groups in total. The van der Waals surface area contributed by atoms with Crippen LogP contribution >= 0.6 is 0 Å². The number of amides is 1. The SMILES string of the molecule is Nc1ncc(C2CCOCC2)cc1-c1cc(F)c2c(c1)CCNC2=O. The van der Waals surface area contributed by atoms with E-state index in [4.69, 9.17) is 10.5 Å². The summed E-state index contributed by atoms with van der Waals surface area (Å²) in [5.74, 6) is -0.114. The van der Waals surface area contributed by atoms with Gasteiger partial charge in [-0.05, 0) is 60.1 Å². The molecule has 2 aliphatic rings. The van der Waals surface area contributed by atoms with E-state index in [0.717, 1.165) is 42.7 Å². The molecule has 4 rings (SSSR count). The van der Waals surface area contributed by atoms with Crippen LogP contribution in [0, 0.1) is 5.82 Å². The third-order valence-corrected chi connectivity index (χ3v) is 5.02. The predicted molar refractivity (Wildman–Crippen MR) is 92.9 cm³/mol. The zero-order valence-corrected chi connectivity index (χ0v) is 13.8. The minimum atomic E-state index is -0.513. The first-order valence-electron chi connectivity index (χ1n) is 8.57. The average molecular weight is 341 g/mol. The maximum absolute atomic E-state index is 14.5. The minimum absolute atomic E-state index is 0.141. The van der Waals surface area contributed by atoms with Crippen LogP contribution in [-0.2, 0) is 11.2 Å². The van der Waals surface area contributed by atoms with Gasteiger partial charge in [0, 0.05) is 31.5 Å². The Kier molecular flexibility index (Phi) is 4.13. The molecule has 0 aliphatic carbocycles. The number of carbonyl (C=O) groups excluding carboxylic acids is 1. The molecule has 0 unspecified atom stereocenters. The molecule has 0 spiro atoms. The number of nitrogens with two attached hydrogens (primary N) is 1. The zero-order chi connectivity index (χ0) is 17.4. The molecule has 1 amide bonds. The molecule has 25 heavy (non-hydrogen) atoms. The third-order valence-electron chi connectivity index (χ3n) is 5.02. The second kappa shape index (κ2) is 6.44. The Labute approximate surface area is 145 Å². The molecular formula is C19H20FN3O2. The topological polar surface area (TPSA) is 77.2 Å². The molecule has 1 aromatic carbocycles. The summed E-state index contributed by atoms with van der Waals surface area (Å²) in [5.41, 5.74) is 9.42. The molecule has 2 aliphatic heterocycles. The highest BCUT2D eigenvalue weighted by Crippen LogP contribution is 2.34. The van der Waals surface area contributed by atoms with Crippen molar-refractivity contribution >= 4 is 11.7 Å². The molecule has 1 saturated heterocycles. The summed E-state index contributed by atoms with van der Waals surface area (Å²) in [6, 6.07) is 5.24. The summed E-state index contributed by atoms with van der Waals surface area (Å²) in [7, 11) is 0. The van der Waals surface area contributed by atoms with Gasteiger partial charge in [0.25, 0.3) is 5.91 Å². The number of ether oxygens (including phenoxy) is 1. The maximum Gasteiger partial charge on any atom is 0.254 e. The third kappa shape index (κ3) is 2.98. The van der Waals surface area contributed by atoms with E-state index in [-0.39, 0.29) is 11.5 Å². The van der Waals surface area contributed by atoms with Crippen LogP contribution in [0.15, 0.2) is 24.4 Å². The summed E-state index contributed by atoms with van der Waals surface area (Å²) in [4.78, 5) is 16.2. The van der Waals surface area contributed by atoms with Crippen molar-refractivity contribution in [2.45, 2.75) is 25.2 Å². The van der Waals surface area contributed by atoms with E-state index in [1.807, 2.05) is 12.1 Å². The number of carbonyl (C=O) groups is 1. The van der Waals surface area contributed by atoms with Crippen molar-refractivity contribution in [3.63, 3.8) is 0 Å². The van der Waals surface area contributed by atoms with E-state index in [1.165, 1.54) is 6.07 Å². The number of aromatic nitrogens is 1. The van der Waals surface area contributed by atoms with Gasteiger partial charge in [0.2, 0.25) is 0 Å². The number of hydrogen-bond donors (Lipinski definition) is 2. The number of nitrogens with one attached hydrogen (secondary N) is 1.